The van der Waals surface area contributed by atoms with Crippen molar-refractivity contribution in [3.8, 4) is 0 Å². The molecular weight excluding hydrogens is 280 g/mol. The van der Waals surface area contributed by atoms with Crippen LogP contribution in [0.5, 0.6) is 0 Å². The summed E-state index contributed by atoms with van der Waals surface area (Å²) in [6.07, 6.45) is 0.421. The van der Waals surface area contributed by atoms with Gasteiger partial charge in [-0.05, 0) is 0 Å². The van der Waals surface area contributed by atoms with Crippen molar-refractivity contribution < 1.29 is 27.9 Å². The Bertz CT molecular complexity index is 448. The molecule has 11 heteroatoms. The van der Waals surface area contributed by atoms with Gasteiger partial charge >= 0.3 is 12.0 Å². The van der Waals surface area contributed by atoms with Gasteiger partial charge in [0.15, 0.2) is 0 Å². The Kier molecular flexibility index (Phi) is 6.79. The molecule has 10 nitrogen and oxygen atoms in total. The average molecular weight is 296 g/mol. The zero-order valence-corrected chi connectivity index (χ0v) is 11.0. The number of amides is 3. The number of carboxylic acid groups (broad SMARTS) is 1. The van der Waals surface area contributed by atoms with Gasteiger partial charge in [-0.15, -0.1) is 0 Å². The van der Waals surface area contributed by atoms with Crippen LogP contribution in [0.4, 0.5) is 4.79 Å². The van der Waals surface area contributed by atoms with Gasteiger partial charge in [-0.1, -0.05) is 0 Å². The van der Waals surface area contributed by atoms with Crippen LogP contribution in [0.3, 0.4) is 0 Å². The van der Waals surface area contributed by atoms with Crippen molar-refractivity contribution in [2.45, 2.75) is 12.5 Å². The number of carboxylic acids is 1. The molecular formula is C8H16N4O6S. The minimum absolute atomic E-state index is 0.0399. The number of aliphatic carboxylic acids is 1. The summed E-state index contributed by atoms with van der Waals surface area (Å²) < 4.78 is 23.5. The molecule has 1 atom stereocenters. The third kappa shape index (κ3) is 9.79. The predicted molar refractivity (Wildman–Crippen MR) is 64.6 cm³/mol. The third-order valence-corrected chi connectivity index (χ3v) is 2.51. The van der Waals surface area contributed by atoms with E-state index < -0.39 is 40.4 Å². The summed E-state index contributed by atoms with van der Waals surface area (Å²) in [4.78, 5) is 32.5. The number of primary amides is 1. The van der Waals surface area contributed by atoms with E-state index in [0.717, 1.165) is 6.26 Å². The van der Waals surface area contributed by atoms with Crippen LogP contribution in [0.25, 0.3) is 0 Å². The van der Waals surface area contributed by atoms with Crippen molar-refractivity contribution in [2.24, 2.45) is 5.73 Å². The normalized spacial score (nSPS) is 12.5. The molecule has 0 saturated heterocycles. The number of urea groups is 1. The second-order valence-electron chi connectivity index (χ2n) is 3.63. The maximum absolute atomic E-state index is 11.2. The molecule has 6 N–H and O–H groups in total. The van der Waals surface area contributed by atoms with Gasteiger partial charge in [0.1, 0.15) is 6.04 Å². The standard InChI is InChI=1S/C8H16N4O6S/c1-19(17,18)11-3-2-10-8(16)12-5(7(14)15)4-6(9)13/h5,11H,2-4H2,1H3,(H2,9,13)(H,14,15)(H2,10,12,16)/t5-/m0/s1. The fraction of sp³-hybridized carbons (Fsp3) is 0.625. The minimum Gasteiger partial charge on any atom is -0.480 e. The van der Waals surface area contributed by atoms with Crippen LogP contribution >= 0.6 is 0 Å². The molecule has 0 fully saturated rings. The number of sulfonamides is 1. The summed E-state index contributed by atoms with van der Waals surface area (Å²) in [5, 5.41) is 12.9. The quantitative estimate of drug-likeness (QED) is 0.302. The SMILES string of the molecule is CS(=O)(=O)NCCNC(=O)N[C@@H](CC(N)=O)C(=O)O. The number of rotatable bonds is 8. The Balaban J connectivity index is 4.07. The zero-order chi connectivity index (χ0) is 15.1. The molecule has 19 heavy (non-hydrogen) atoms. The summed E-state index contributed by atoms with van der Waals surface area (Å²) in [5.74, 6) is -2.27. The molecule has 0 aliphatic carbocycles. The molecule has 3 amide bonds. The molecule has 0 spiro atoms. The van der Waals surface area contributed by atoms with Crippen LogP contribution in [-0.4, -0.2) is 56.8 Å². The third-order valence-electron chi connectivity index (χ3n) is 1.78. The lowest BCUT2D eigenvalue weighted by molar-refractivity contribution is -0.140. The Morgan fingerprint density at radius 2 is 1.84 bits per heavy atom. The largest absolute Gasteiger partial charge is 0.480 e. The van der Waals surface area contributed by atoms with Gasteiger partial charge in [0, 0.05) is 13.1 Å². The molecule has 0 saturated carbocycles. The second-order valence-corrected chi connectivity index (χ2v) is 5.46. The first-order chi connectivity index (χ1) is 8.61. The second kappa shape index (κ2) is 7.53. The van der Waals surface area contributed by atoms with Crippen molar-refractivity contribution in [1.82, 2.24) is 15.4 Å². The molecule has 110 valence electrons. The molecule has 0 unspecified atom stereocenters. The number of hydrogen-bond donors (Lipinski definition) is 5. The van der Waals surface area contributed by atoms with E-state index in [1.807, 2.05) is 5.32 Å². The minimum atomic E-state index is -3.35. The smallest absolute Gasteiger partial charge is 0.326 e. The lowest BCUT2D eigenvalue weighted by Crippen LogP contribution is -2.48. The summed E-state index contributed by atoms with van der Waals surface area (Å²) in [6.45, 7) is -0.0817. The van der Waals surface area contributed by atoms with Crippen LogP contribution in [-0.2, 0) is 19.6 Å². The topological polar surface area (TPSA) is 168 Å². The summed E-state index contributed by atoms with van der Waals surface area (Å²) in [5.41, 5.74) is 4.83. The average Bonchev–Trinajstić information content (AvgIpc) is 2.21. The van der Waals surface area contributed by atoms with Crippen molar-refractivity contribution in [1.29, 1.82) is 0 Å². The van der Waals surface area contributed by atoms with E-state index in [0.29, 0.717) is 0 Å². The van der Waals surface area contributed by atoms with Gasteiger partial charge in [0.25, 0.3) is 0 Å². The zero-order valence-electron chi connectivity index (χ0n) is 10.2. The molecule has 0 aromatic rings. The Hall–Kier alpha value is -1.88. The first-order valence-corrected chi connectivity index (χ1v) is 7.01. The van der Waals surface area contributed by atoms with E-state index in [2.05, 4.69) is 10.0 Å². The van der Waals surface area contributed by atoms with Gasteiger partial charge in [-0.25, -0.2) is 22.7 Å². The van der Waals surface area contributed by atoms with Crippen molar-refractivity contribution in [3.63, 3.8) is 0 Å². The van der Waals surface area contributed by atoms with Gasteiger partial charge in [0.2, 0.25) is 15.9 Å². The van der Waals surface area contributed by atoms with Crippen molar-refractivity contribution in [3.05, 3.63) is 0 Å². The van der Waals surface area contributed by atoms with Crippen molar-refractivity contribution >= 4 is 27.9 Å². The molecule has 0 heterocycles. The molecule has 0 aliphatic rings. The Labute approximate surface area is 109 Å². The fourth-order valence-electron chi connectivity index (χ4n) is 1.02. The number of carbonyl (C=O) groups is 3. The number of hydrogen-bond acceptors (Lipinski definition) is 5. The molecule has 0 radical (unpaired) electrons. The highest BCUT2D eigenvalue weighted by Gasteiger charge is 2.21. The molecule has 0 aliphatic heterocycles. The number of nitrogens with two attached hydrogens (primary N) is 1. The Morgan fingerprint density at radius 3 is 2.26 bits per heavy atom. The Morgan fingerprint density at radius 1 is 1.26 bits per heavy atom. The molecule has 0 rings (SSSR count). The van der Waals surface area contributed by atoms with E-state index in [4.69, 9.17) is 10.8 Å². The number of carbonyl (C=O) groups excluding carboxylic acids is 2. The van der Waals surface area contributed by atoms with Crippen LogP contribution in [0.1, 0.15) is 6.42 Å². The highest BCUT2D eigenvalue weighted by Crippen LogP contribution is 1.91. The molecule has 0 aromatic carbocycles. The van der Waals surface area contributed by atoms with Crippen LogP contribution < -0.4 is 21.1 Å². The van der Waals surface area contributed by atoms with Crippen LogP contribution in [0.15, 0.2) is 0 Å². The molecule has 0 bridgehead atoms. The monoisotopic (exact) mass is 296 g/mol. The lowest BCUT2D eigenvalue weighted by atomic mass is 10.2. The van der Waals surface area contributed by atoms with Crippen LogP contribution in [0, 0.1) is 0 Å². The first kappa shape index (κ1) is 17.1. The highest BCUT2D eigenvalue weighted by atomic mass is 32.2. The lowest BCUT2D eigenvalue weighted by Gasteiger charge is -2.13. The van der Waals surface area contributed by atoms with E-state index in [1.165, 1.54) is 0 Å². The number of nitrogens with one attached hydrogen (secondary N) is 3. The van der Waals surface area contributed by atoms with Crippen LogP contribution in [0.2, 0.25) is 0 Å². The maximum atomic E-state index is 11.2. The van der Waals surface area contributed by atoms with E-state index in [-0.39, 0.29) is 13.1 Å². The predicted octanol–water partition coefficient (Wildman–Crippen LogP) is -2.84. The summed E-state index contributed by atoms with van der Waals surface area (Å²) >= 11 is 0. The summed E-state index contributed by atoms with van der Waals surface area (Å²) in [6, 6.07) is -2.27. The highest BCUT2D eigenvalue weighted by molar-refractivity contribution is 7.88. The molecule has 0 aromatic heterocycles. The van der Waals surface area contributed by atoms with Gasteiger partial charge < -0.3 is 21.5 Å². The summed E-state index contributed by atoms with van der Waals surface area (Å²) in [7, 11) is -3.35. The van der Waals surface area contributed by atoms with E-state index in [9.17, 15) is 22.8 Å². The van der Waals surface area contributed by atoms with Gasteiger partial charge in [0.05, 0.1) is 12.7 Å². The van der Waals surface area contributed by atoms with Gasteiger partial charge in [-0.2, -0.15) is 0 Å². The van der Waals surface area contributed by atoms with E-state index >= 15 is 0 Å². The maximum Gasteiger partial charge on any atom is 0.326 e. The first-order valence-electron chi connectivity index (χ1n) is 5.12. The van der Waals surface area contributed by atoms with Gasteiger partial charge in [-0.3, -0.25) is 4.79 Å². The van der Waals surface area contributed by atoms with E-state index in [1.54, 1.807) is 0 Å². The van der Waals surface area contributed by atoms with Crippen molar-refractivity contribution in [2.75, 3.05) is 19.3 Å². The fourth-order valence-corrected chi connectivity index (χ4v) is 1.50.